The normalized spacial score (nSPS) is 26.0. The minimum Gasteiger partial charge on any atom is -0.326 e. The van der Waals surface area contributed by atoms with Crippen molar-refractivity contribution in [3.05, 3.63) is 35.4 Å². The largest absolute Gasteiger partial charge is 0.326 e. The molecule has 0 radical (unpaired) electrons. The monoisotopic (exact) mass is 179 g/mol. The summed E-state index contributed by atoms with van der Waals surface area (Å²) >= 11 is 0. The number of hydrogen-bond donors (Lipinski definition) is 1. The van der Waals surface area contributed by atoms with Crippen LogP contribution in [0.2, 0.25) is 0 Å². The molecule has 0 amide bonds. The topological polar surface area (TPSA) is 26.0 Å². The van der Waals surface area contributed by atoms with Gasteiger partial charge in [0.25, 0.3) is 0 Å². The molecule has 1 aliphatic carbocycles. The molecule has 0 spiro atoms. The fourth-order valence-electron chi connectivity index (χ4n) is 1.88. The molecule has 13 heavy (non-hydrogen) atoms. The van der Waals surface area contributed by atoms with E-state index in [1.165, 1.54) is 11.1 Å². The maximum Gasteiger partial charge on any atom is 0.0928 e. The lowest BCUT2D eigenvalue weighted by molar-refractivity contribution is 0.452. The van der Waals surface area contributed by atoms with Gasteiger partial charge in [-0.25, -0.2) is 0 Å². The second kappa shape index (κ2) is 3.46. The van der Waals surface area contributed by atoms with Gasteiger partial charge in [-0.05, 0) is 29.4 Å². The summed E-state index contributed by atoms with van der Waals surface area (Å²) in [5.74, 6) is 0.692. The Morgan fingerprint density at radius 3 is 2.77 bits per heavy atom. The van der Waals surface area contributed by atoms with E-state index in [1.807, 2.05) is 18.2 Å². The summed E-state index contributed by atoms with van der Waals surface area (Å²) in [5.41, 5.74) is 8.04. The smallest absolute Gasteiger partial charge is 0.0928 e. The van der Waals surface area contributed by atoms with Crippen LogP contribution < -0.4 is 5.73 Å². The summed E-state index contributed by atoms with van der Waals surface area (Å²) in [4.78, 5) is 0. The van der Waals surface area contributed by atoms with Gasteiger partial charge in [0.05, 0.1) is 6.67 Å². The van der Waals surface area contributed by atoms with Gasteiger partial charge in [-0.3, -0.25) is 4.39 Å². The molecular weight excluding hydrogens is 165 g/mol. The van der Waals surface area contributed by atoms with Gasteiger partial charge in [0, 0.05) is 6.54 Å². The standard InChI is InChI=1S/C11H14FN/c12-6-9-5-11(9)10-4-2-1-3-8(10)7-13/h1-4,9,11H,5-7,13H2. The van der Waals surface area contributed by atoms with Crippen molar-refractivity contribution >= 4 is 0 Å². The van der Waals surface area contributed by atoms with E-state index in [0.29, 0.717) is 12.5 Å². The predicted octanol–water partition coefficient (Wildman–Crippen LogP) is 2.22. The molecule has 2 atom stereocenters. The second-order valence-corrected chi connectivity index (χ2v) is 3.66. The molecule has 2 unspecified atom stereocenters. The van der Waals surface area contributed by atoms with Crippen LogP contribution in [0, 0.1) is 5.92 Å². The van der Waals surface area contributed by atoms with Gasteiger partial charge in [0.2, 0.25) is 0 Å². The Morgan fingerprint density at radius 2 is 2.15 bits per heavy atom. The summed E-state index contributed by atoms with van der Waals surface area (Å²) in [7, 11) is 0. The minimum atomic E-state index is -0.191. The highest BCUT2D eigenvalue weighted by Gasteiger charge is 2.38. The summed E-state index contributed by atoms with van der Waals surface area (Å²) < 4.78 is 12.3. The van der Waals surface area contributed by atoms with Crippen LogP contribution in [-0.4, -0.2) is 6.67 Å². The van der Waals surface area contributed by atoms with Gasteiger partial charge >= 0.3 is 0 Å². The van der Waals surface area contributed by atoms with Crippen LogP contribution in [0.4, 0.5) is 4.39 Å². The van der Waals surface area contributed by atoms with Crippen molar-refractivity contribution in [2.45, 2.75) is 18.9 Å². The minimum absolute atomic E-state index is 0.191. The molecular formula is C11H14FN. The molecule has 2 N–H and O–H groups in total. The molecule has 0 heterocycles. The fourth-order valence-corrected chi connectivity index (χ4v) is 1.88. The number of rotatable bonds is 3. The summed E-state index contributed by atoms with van der Waals surface area (Å²) in [6.45, 7) is 0.370. The van der Waals surface area contributed by atoms with E-state index >= 15 is 0 Å². The molecule has 1 saturated carbocycles. The highest BCUT2D eigenvalue weighted by atomic mass is 19.1. The van der Waals surface area contributed by atoms with E-state index in [0.717, 1.165) is 6.42 Å². The molecule has 0 bridgehead atoms. The van der Waals surface area contributed by atoms with Gasteiger partial charge in [-0.2, -0.15) is 0 Å². The number of halogens is 1. The van der Waals surface area contributed by atoms with Crippen molar-refractivity contribution in [3.63, 3.8) is 0 Å². The zero-order valence-electron chi connectivity index (χ0n) is 7.54. The third-order valence-electron chi connectivity index (χ3n) is 2.80. The maximum atomic E-state index is 12.3. The van der Waals surface area contributed by atoms with E-state index in [1.54, 1.807) is 0 Å². The van der Waals surface area contributed by atoms with E-state index < -0.39 is 0 Å². The van der Waals surface area contributed by atoms with E-state index in [4.69, 9.17) is 5.73 Å². The second-order valence-electron chi connectivity index (χ2n) is 3.66. The average molecular weight is 179 g/mol. The molecule has 1 fully saturated rings. The van der Waals surface area contributed by atoms with Crippen molar-refractivity contribution in [3.8, 4) is 0 Å². The molecule has 0 aromatic heterocycles. The van der Waals surface area contributed by atoms with Crippen molar-refractivity contribution in [2.75, 3.05) is 6.67 Å². The number of alkyl halides is 1. The molecule has 1 aromatic rings. The molecule has 1 nitrogen and oxygen atoms in total. The van der Waals surface area contributed by atoms with E-state index in [2.05, 4.69) is 6.07 Å². The van der Waals surface area contributed by atoms with Crippen LogP contribution in [0.5, 0.6) is 0 Å². The van der Waals surface area contributed by atoms with Gasteiger partial charge in [-0.1, -0.05) is 24.3 Å². The van der Waals surface area contributed by atoms with Gasteiger partial charge < -0.3 is 5.73 Å². The highest BCUT2D eigenvalue weighted by Crippen LogP contribution is 2.48. The summed E-state index contributed by atoms with van der Waals surface area (Å²) in [6, 6.07) is 8.09. The van der Waals surface area contributed by atoms with E-state index in [9.17, 15) is 4.39 Å². The van der Waals surface area contributed by atoms with Crippen LogP contribution >= 0.6 is 0 Å². The number of benzene rings is 1. The molecule has 0 aliphatic heterocycles. The zero-order chi connectivity index (χ0) is 9.26. The van der Waals surface area contributed by atoms with Crippen LogP contribution in [0.1, 0.15) is 23.5 Å². The van der Waals surface area contributed by atoms with Crippen LogP contribution in [0.3, 0.4) is 0 Å². The first-order valence-corrected chi connectivity index (χ1v) is 4.70. The number of nitrogens with two attached hydrogens (primary N) is 1. The van der Waals surface area contributed by atoms with Crippen LogP contribution in [-0.2, 0) is 6.54 Å². The molecule has 70 valence electrons. The first-order valence-electron chi connectivity index (χ1n) is 4.70. The quantitative estimate of drug-likeness (QED) is 0.756. The Hall–Kier alpha value is -0.890. The lowest BCUT2D eigenvalue weighted by Gasteiger charge is -2.05. The zero-order valence-corrected chi connectivity index (χ0v) is 7.54. The van der Waals surface area contributed by atoms with Crippen molar-refractivity contribution in [1.29, 1.82) is 0 Å². The van der Waals surface area contributed by atoms with Gasteiger partial charge in [0.15, 0.2) is 0 Å². The van der Waals surface area contributed by atoms with Crippen LogP contribution in [0.25, 0.3) is 0 Å². The average Bonchev–Trinajstić information content (AvgIpc) is 2.96. The first kappa shape index (κ1) is 8.70. The molecule has 2 rings (SSSR count). The lowest BCUT2D eigenvalue weighted by Crippen LogP contribution is -2.00. The lowest BCUT2D eigenvalue weighted by atomic mass is 10.0. The molecule has 1 aliphatic rings. The third-order valence-corrected chi connectivity index (χ3v) is 2.80. The first-order chi connectivity index (χ1) is 6.36. The Balaban J connectivity index is 2.20. The fraction of sp³-hybridized carbons (Fsp3) is 0.455. The SMILES string of the molecule is NCc1ccccc1C1CC1CF. The molecule has 2 heteroatoms. The van der Waals surface area contributed by atoms with Crippen LogP contribution in [0.15, 0.2) is 24.3 Å². The van der Waals surface area contributed by atoms with E-state index in [-0.39, 0.29) is 12.6 Å². The van der Waals surface area contributed by atoms with Gasteiger partial charge in [-0.15, -0.1) is 0 Å². The van der Waals surface area contributed by atoms with Gasteiger partial charge in [0.1, 0.15) is 0 Å². The Labute approximate surface area is 77.8 Å². The third kappa shape index (κ3) is 1.59. The summed E-state index contributed by atoms with van der Waals surface area (Å²) in [5, 5.41) is 0. The maximum absolute atomic E-state index is 12.3. The predicted molar refractivity (Wildman–Crippen MR) is 51.2 cm³/mol. The Kier molecular flexibility index (Phi) is 2.32. The number of hydrogen-bond acceptors (Lipinski definition) is 1. The molecule has 1 aromatic carbocycles. The van der Waals surface area contributed by atoms with Crippen molar-refractivity contribution < 1.29 is 4.39 Å². The Bertz CT molecular complexity index is 298. The summed E-state index contributed by atoms with van der Waals surface area (Å²) in [6.07, 6.45) is 0.994. The molecule has 0 saturated heterocycles. The Morgan fingerprint density at radius 1 is 1.38 bits per heavy atom. The highest BCUT2D eigenvalue weighted by molar-refractivity contribution is 5.34. The van der Waals surface area contributed by atoms with Crippen molar-refractivity contribution in [1.82, 2.24) is 0 Å². The van der Waals surface area contributed by atoms with Crippen molar-refractivity contribution in [2.24, 2.45) is 11.7 Å².